The minimum absolute atomic E-state index is 0.105. The van der Waals surface area contributed by atoms with Gasteiger partial charge in [-0.3, -0.25) is 14.7 Å². The highest BCUT2D eigenvalue weighted by Gasteiger charge is 2.15. The van der Waals surface area contributed by atoms with Crippen LogP contribution in [0.2, 0.25) is 0 Å². The predicted octanol–water partition coefficient (Wildman–Crippen LogP) is 3.84. The Hall–Kier alpha value is -3.61. The zero-order chi connectivity index (χ0) is 20.1. The van der Waals surface area contributed by atoms with E-state index in [1.165, 1.54) is 0 Å². The van der Waals surface area contributed by atoms with Crippen molar-refractivity contribution in [3.05, 3.63) is 72.3 Å². The average molecular weight is 378 g/mol. The molecule has 0 spiro atoms. The largest absolute Gasteiger partial charge is 0.465 e. The molecule has 0 aliphatic rings. The third-order valence-corrected chi connectivity index (χ3v) is 4.41. The van der Waals surface area contributed by atoms with Crippen LogP contribution >= 0.6 is 0 Å². The number of Topliss-reactive ketones (excluding diaryl/α,β-unsaturated/α-hetero) is 1. The van der Waals surface area contributed by atoms with E-state index in [-0.39, 0.29) is 12.2 Å². The Morgan fingerprint density at radius 3 is 2.50 bits per heavy atom. The Morgan fingerprint density at radius 1 is 1.11 bits per heavy atom. The van der Waals surface area contributed by atoms with Gasteiger partial charge in [0.15, 0.2) is 11.6 Å². The first-order chi connectivity index (χ1) is 13.5. The summed E-state index contributed by atoms with van der Waals surface area (Å²) in [6.45, 7) is 0. The normalized spacial score (nSPS) is 10.5. The summed E-state index contributed by atoms with van der Waals surface area (Å²) < 4.78 is 1.77. The third kappa shape index (κ3) is 4.37. The number of nitrogens with one attached hydrogen (secondary N) is 1. The van der Waals surface area contributed by atoms with Gasteiger partial charge in [-0.05, 0) is 42.3 Å². The van der Waals surface area contributed by atoms with Crippen LogP contribution in [0.1, 0.15) is 22.6 Å². The second kappa shape index (κ2) is 8.39. The van der Waals surface area contributed by atoms with Crippen LogP contribution in [-0.2, 0) is 6.42 Å². The molecule has 28 heavy (non-hydrogen) atoms. The topological polar surface area (TPSA) is 87.5 Å². The molecule has 0 fully saturated rings. The van der Waals surface area contributed by atoms with Crippen molar-refractivity contribution in [1.29, 1.82) is 0 Å². The van der Waals surface area contributed by atoms with E-state index in [0.29, 0.717) is 17.9 Å². The molecular weight excluding hydrogens is 356 g/mol. The Morgan fingerprint density at radius 2 is 1.82 bits per heavy atom. The van der Waals surface area contributed by atoms with E-state index in [0.717, 1.165) is 16.9 Å². The van der Waals surface area contributed by atoms with E-state index in [1.807, 2.05) is 55.4 Å². The van der Waals surface area contributed by atoms with Crippen molar-refractivity contribution in [3.63, 3.8) is 0 Å². The highest BCUT2D eigenvalue weighted by atomic mass is 16.4. The van der Waals surface area contributed by atoms with Crippen molar-refractivity contribution in [2.24, 2.45) is 0 Å². The maximum absolute atomic E-state index is 12.8. The Labute approximate surface area is 163 Å². The van der Waals surface area contributed by atoms with Crippen molar-refractivity contribution >= 4 is 23.3 Å². The van der Waals surface area contributed by atoms with E-state index in [4.69, 9.17) is 5.11 Å². The number of benzene rings is 2. The SMILES string of the molecule is CN(C)c1ccc(-n2ccnc2C(=O)CCc2ccccc2NC(=O)O)cc1. The van der Waals surface area contributed by atoms with Crippen molar-refractivity contribution in [2.45, 2.75) is 12.8 Å². The first-order valence-electron chi connectivity index (χ1n) is 8.88. The number of hydrogen-bond acceptors (Lipinski definition) is 4. The Kier molecular flexibility index (Phi) is 5.74. The molecule has 0 aliphatic heterocycles. The molecule has 0 radical (unpaired) electrons. The lowest BCUT2D eigenvalue weighted by atomic mass is 10.1. The molecule has 2 aromatic carbocycles. The molecule has 1 amide bonds. The fourth-order valence-corrected chi connectivity index (χ4v) is 2.96. The number of carbonyl (C=O) groups excluding carboxylic acids is 1. The lowest BCUT2D eigenvalue weighted by Crippen LogP contribution is -2.12. The number of rotatable bonds is 7. The summed E-state index contributed by atoms with van der Waals surface area (Å²) in [5.41, 5.74) is 3.19. The molecule has 0 bridgehead atoms. The molecule has 144 valence electrons. The van der Waals surface area contributed by atoms with E-state index >= 15 is 0 Å². The first-order valence-corrected chi connectivity index (χ1v) is 8.88. The summed E-state index contributed by atoms with van der Waals surface area (Å²) in [4.78, 5) is 29.9. The molecule has 0 unspecified atom stereocenters. The van der Waals surface area contributed by atoms with Crippen molar-refractivity contribution < 1.29 is 14.7 Å². The molecule has 0 saturated carbocycles. The number of hydrogen-bond donors (Lipinski definition) is 2. The minimum Gasteiger partial charge on any atom is -0.465 e. The van der Waals surface area contributed by atoms with Gasteiger partial charge in [0.05, 0.1) is 0 Å². The fraction of sp³-hybridized carbons (Fsp3) is 0.190. The molecule has 7 nitrogen and oxygen atoms in total. The number of imidazole rings is 1. The summed E-state index contributed by atoms with van der Waals surface area (Å²) in [5.74, 6) is 0.257. The van der Waals surface area contributed by atoms with Gasteiger partial charge in [0.1, 0.15) is 0 Å². The monoisotopic (exact) mass is 378 g/mol. The van der Waals surface area contributed by atoms with E-state index in [2.05, 4.69) is 10.3 Å². The second-order valence-corrected chi connectivity index (χ2v) is 6.54. The maximum Gasteiger partial charge on any atom is 0.409 e. The van der Waals surface area contributed by atoms with E-state index < -0.39 is 6.09 Å². The second-order valence-electron chi connectivity index (χ2n) is 6.54. The average Bonchev–Trinajstić information content (AvgIpc) is 3.16. The van der Waals surface area contributed by atoms with Gasteiger partial charge in [-0.15, -0.1) is 0 Å². The molecule has 3 rings (SSSR count). The van der Waals surface area contributed by atoms with E-state index in [9.17, 15) is 9.59 Å². The highest BCUT2D eigenvalue weighted by Crippen LogP contribution is 2.20. The molecule has 7 heteroatoms. The minimum atomic E-state index is -1.13. The van der Waals surface area contributed by atoms with Gasteiger partial charge >= 0.3 is 6.09 Å². The fourth-order valence-electron chi connectivity index (χ4n) is 2.96. The number of aryl methyl sites for hydroxylation is 1. The number of aromatic nitrogens is 2. The summed E-state index contributed by atoms with van der Waals surface area (Å²) in [6.07, 6.45) is 2.88. The van der Waals surface area contributed by atoms with Crippen molar-refractivity contribution in [2.75, 3.05) is 24.3 Å². The first kappa shape index (κ1) is 19.2. The summed E-state index contributed by atoms with van der Waals surface area (Å²) in [7, 11) is 3.94. The standard InChI is InChI=1S/C21H22N4O3/c1-24(2)16-8-10-17(11-9-16)25-14-13-22-20(25)19(26)12-7-15-5-3-4-6-18(15)23-21(27)28/h3-6,8-11,13-14,23H,7,12H2,1-2H3,(H,27,28). The van der Waals surface area contributed by atoms with Gasteiger partial charge in [-0.1, -0.05) is 18.2 Å². The lowest BCUT2D eigenvalue weighted by molar-refractivity contribution is 0.0971. The van der Waals surface area contributed by atoms with Crippen LogP contribution < -0.4 is 10.2 Å². The van der Waals surface area contributed by atoms with Crippen LogP contribution in [0, 0.1) is 0 Å². The number of amides is 1. The number of ketones is 1. The highest BCUT2D eigenvalue weighted by molar-refractivity contribution is 5.93. The van der Waals surface area contributed by atoms with Crippen LogP contribution in [0.15, 0.2) is 60.9 Å². The van der Waals surface area contributed by atoms with Gasteiger partial charge in [-0.2, -0.15) is 0 Å². The van der Waals surface area contributed by atoms with Gasteiger partial charge in [0.2, 0.25) is 0 Å². The Bertz CT molecular complexity index is 977. The number of nitrogens with zero attached hydrogens (tertiary/aromatic N) is 3. The van der Waals surface area contributed by atoms with Crippen LogP contribution in [-0.4, -0.2) is 40.6 Å². The molecule has 0 aliphatic carbocycles. The Balaban J connectivity index is 1.75. The van der Waals surface area contributed by atoms with Crippen LogP contribution in [0.4, 0.5) is 16.2 Å². The quantitative estimate of drug-likeness (QED) is 0.610. The molecular formula is C21H22N4O3. The smallest absolute Gasteiger partial charge is 0.409 e. The number of para-hydroxylation sites is 1. The number of carbonyl (C=O) groups is 2. The summed E-state index contributed by atoms with van der Waals surface area (Å²) in [6, 6.07) is 14.9. The zero-order valence-corrected chi connectivity index (χ0v) is 15.8. The van der Waals surface area contributed by atoms with Gasteiger partial charge in [0.25, 0.3) is 0 Å². The van der Waals surface area contributed by atoms with Crippen LogP contribution in [0.3, 0.4) is 0 Å². The van der Waals surface area contributed by atoms with Crippen LogP contribution in [0.5, 0.6) is 0 Å². The van der Waals surface area contributed by atoms with E-state index in [1.54, 1.807) is 29.1 Å². The maximum atomic E-state index is 12.8. The van der Waals surface area contributed by atoms with Crippen molar-refractivity contribution in [1.82, 2.24) is 9.55 Å². The summed E-state index contributed by atoms with van der Waals surface area (Å²) >= 11 is 0. The van der Waals surface area contributed by atoms with Gasteiger partial charge in [-0.25, -0.2) is 9.78 Å². The number of carboxylic acid groups (broad SMARTS) is 1. The predicted molar refractivity (Wildman–Crippen MR) is 109 cm³/mol. The summed E-state index contributed by atoms with van der Waals surface area (Å²) in [5, 5.41) is 11.3. The molecule has 0 saturated heterocycles. The van der Waals surface area contributed by atoms with Crippen LogP contribution in [0.25, 0.3) is 5.69 Å². The molecule has 3 aromatic rings. The van der Waals surface area contributed by atoms with Gasteiger partial charge < -0.3 is 10.0 Å². The zero-order valence-electron chi connectivity index (χ0n) is 15.8. The number of anilines is 2. The molecule has 0 atom stereocenters. The lowest BCUT2D eigenvalue weighted by Gasteiger charge is -2.14. The third-order valence-electron chi connectivity index (χ3n) is 4.41. The molecule has 1 heterocycles. The van der Waals surface area contributed by atoms with Crippen molar-refractivity contribution in [3.8, 4) is 5.69 Å². The molecule has 1 aromatic heterocycles. The molecule has 2 N–H and O–H groups in total. The van der Waals surface area contributed by atoms with Gasteiger partial charge in [0, 0.05) is 50.0 Å².